The molecule has 1 aromatic carbocycles. The van der Waals surface area contributed by atoms with E-state index in [1.54, 1.807) is 0 Å². The maximum absolute atomic E-state index is 12.2. The van der Waals surface area contributed by atoms with Gasteiger partial charge in [-0.1, -0.05) is 24.6 Å². The van der Waals surface area contributed by atoms with Gasteiger partial charge < -0.3 is 26.5 Å². The normalized spacial score (nSPS) is 13.2. The van der Waals surface area contributed by atoms with Gasteiger partial charge in [0, 0.05) is 30.6 Å². The van der Waals surface area contributed by atoms with E-state index in [1.165, 1.54) is 0 Å². The van der Waals surface area contributed by atoms with Gasteiger partial charge >= 0.3 is 16.4 Å². The Morgan fingerprint density at radius 1 is 1.20 bits per heavy atom. The Labute approximate surface area is 174 Å². The Hall–Kier alpha value is -2.51. The Balaban J connectivity index is 0.000000804. The molecular weight excluding hydrogens is 416 g/mol. The van der Waals surface area contributed by atoms with Crippen molar-refractivity contribution in [1.82, 2.24) is 9.88 Å². The molecule has 1 amide bonds. The average molecular weight is 445 g/mol. The maximum atomic E-state index is 12.2. The highest BCUT2D eigenvalue weighted by molar-refractivity contribution is 7.79. The molecule has 0 spiro atoms. The molecule has 0 radical (unpaired) electrons. The number of para-hydroxylation sites is 1. The molecule has 0 fully saturated rings. The standard InChI is InChI=1S/C18H26N4O3.H2O4S/c1-22-11-12(13-6-2-3-8-16(13)22)10-15(18(24)25)21-17(23)14(20)7-4-5-9-19;1-5(2,3)4/h2-3,6,8,11,14-15H,4-5,7,9-10,19-20H2,1H3,(H,21,23)(H,24,25);(H2,1,2,3,4). The number of carbonyl (C=O) groups is 2. The molecule has 0 saturated carbocycles. The third-order valence-corrected chi connectivity index (χ3v) is 4.32. The van der Waals surface area contributed by atoms with Crippen molar-refractivity contribution in [2.24, 2.45) is 18.5 Å². The molecule has 1 heterocycles. The summed E-state index contributed by atoms with van der Waals surface area (Å²) in [4.78, 5) is 23.8. The highest BCUT2D eigenvalue weighted by Gasteiger charge is 2.24. The largest absolute Gasteiger partial charge is 0.480 e. The van der Waals surface area contributed by atoms with Crippen LogP contribution in [0, 0.1) is 0 Å². The minimum Gasteiger partial charge on any atom is -0.480 e. The number of hydrogen-bond acceptors (Lipinski definition) is 6. The molecule has 2 rings (SSSR count). The molecule has 30 heavy (non-hydrogen) atoms. The lowest BCUT2D eigenvalue weighted by Gasteiger charge is -2.17. The topological polar surface area (TPSA) is 198 Å². The Kier molecular flexibility index (Phi) is 9.89. The molecule has 0 aliphatic carbocycles. The predicted octanol–water partition coefficient (Wildman–Crippen LogP) is 0.0937. The van der Waals surface area contributed by atoms with Crippen molar-refractivity contribution >= 4 is 33.2 Å². The van der Waals surface area contributed by atoms with Gasteiger partial charge in [-0.2, -0.15) is 8.42 Å². The van der Waals surface area contributed by atoms with Gasteiger partial charge in [-0.05, 0) is 31.0 Å². The number of aromatic nitrogens is 1. The van der Waals surface area contributed by atoms with Gasteiger partial charge in [0.1, 0.15) is 6.04 Å². The zero-order valence-electron chi connectivity index (χ0n) is 16.6. The van der Waals surface area contributed by atoms with E-state index in [2.05, 4.69) is 5.32 Å². The zero-order valence-corrected chi connectivity index (χ0v) is 17.4. The lowest BCUT2D eigenvalue weighted by atomic mass is 10.0. The number of amides is 1. The Morgan fingerprint density at radius 2 is 1.80 bits per heavy atom. The van der Waals surface area contributed by atoms with Crippen LogP contribution in [0.5, 0.6) is 0 Å². The number of rotatable bonds is 9. The van der Waals surface area contributed by atoms with Crippen molar-refractivity contribution in [1.29, 1.82) is 0 Å². The number of carboxylic acid groups (broad SMARTS) is 1. The van der Waals surface area contributed by atoms with E-state index in [0.29, 0.717) is 13.0 Å². The molecule has 1 aromatic heterocycles. The smallest absolute Gasteiger partial charge is 0.394 e. The van der Waals surface area contributed by atoms with E-state index in [0.717, 1.165) is 29.3 Å². The van der Waals surface area contributed by atoms with Crippen LogP contribution in [-0.2, 0) is 33.5 Å². The van der Waals surface area contributed by atoms with E-state index in [9.17, 15) is 14.7 Å². The summed E-state index contributed by atoms with van der Waals surface area (Å²) in [6.45, 7) is 0.549. The molecule has 0 saturated heterocycles. The third-order valence-electron chi connectivity index (χ3n) is 4.32. The quantitative estimate of drug-likeness (QED) is 0.229. The molecule has 2 atom stereocenters. The highest BCUT2D eigenvalue weighted by Crippen LogP contribution is 2.21. The number of carbonyl (C=O) groups excluding carboxylic acids is 1. The first-order valence-corrected chi connectivity index (χ1v) is 10.6. The summed E-state index contributed by atoms with van der Waals surface area (Å²) in [7, 11) is -2.76. The average Bonchev–Trinajstić information content (AvgIpc) is 2.96. The molecule has 11 nitrogen and oxygen atoms in total. The summed E-state index contributed by atoms with van der Waals surface area (Å²) in [6.07, 6.45) is 4.13. The van der Waals surface area contributed by atoms with Crippen LogP contribution < -0.4 is 16.8 Å². The van der Waals surface area contributed by atoms with E-state index in [-0.39, 0.29) is 6.42 Å². The predicted molar refractivity (Wildman–Crippen MR) is 111 cm³/mol. The van der Waals surface area contributed by atoms with E-state index in [4.69, 9.17) is 29.0 Å². The summed E-state index contributed by atoms with van der Waals surface area (Å²) < 4.78 is 33.5. The van der Waals surface area contributed by atoms with Gasteiger partial charge in [0.05, 0.1) is 6.04 Å². The van der Waals surface area contributed by atoms with Crippen molar-refractivity contribution in [3.63, 3.8) is 0 Å². The van der Waals surface area contributed by atoms with Crippen molar-refractivity contribution in [3.8, 4) is 0 Å². The first kappa shape index (κ1) is 25.5. The molecular formula is C18H28N4O7S. The molecule has 0 bridgehead atoms. The molecule has 2 unspecified atom stereocenters. The van der Waals surface area contributed by atoms with Crippen LogP contribution in [-0.4, -0.2) is 57.7 Å². The number of nitrogens with zero attached hydrogens (tertiary/aromatic N) is 1. The zero-order chi connectivity index (χ0) is 22.9. The second-order valence-corrected chi connectivity index (χ2v) is 7.62. The Morgan fingerprint density at radius 3 is 2.37 bits per heavy atom. The molecule has 12 heteroatoms. The van der Waals surface area contributed by atoms with Gasteiger partial charge in [-0.3, -0.25) is 13.9 Å². The lowest BCUT2D eigenvalue weighted by Crippen LogP contribution is -2.49. The molecule has 8 N–H and O–H groups in total. The van der Waals surface area contributed by atoms with Crippen LogP contribution in [0.3, 0.4) is 0 Å². The number of hydrogen-bond donors (Lipinski definition) is 6. The van der Waals surface area contributed by atoms with Gasteiger partial charge in [-0.25, -0.2) is 4.79 Å². The van der Waals surface area contributed by atoms with Crippen LogP contribution >= 0.6 is 0 Å². The van der Waals surface area contributed by atoms with Crippen LogP contribution in [0.15, 0.2) is 30.5 Å². The van der Waals surface area contributed by atoms with Gasteiger partial charge in [-0.15, -0.1) is 0 Å². The van der Waals surface area contributed by atoms with Gasteiger partial charge in [0.2, 0.25) is 5.91 Å². The number of aliphatic carboxylic acids is 1. The number of carboxylic acids is 1. The number of nitrogens with two attached hydrogens (primary N) is 2. The van der Waals surface area contributed by atoms with Crippen LogP contribution in [0.25, 0.3) is 10.9 Å². The number of aryl methyl sites for hydroxylation is 1. The van der Waals surface area contributed by atoms with E-state index in [1.807, 2.05) is 42.1 Å². The second-order valence-electron chi connectivity index (χ2n) is 6.72. The molecule has 0 aliphatic rings. The SMILES string of the molecule is Cn1cc(CC(NC(=O)C(N)CCCCN)C(=O)O)c2ccccc21.O=S(=O)(O)O. The summed E-state index contributed by atoms with van der Waals surface area (Å²) in [5.74, 6) is -1.51. The molecule has 168 valence electrons. The van der Waals surface area contributed by atoms with Crippen molar-refractivity contribution in [2.75, 3.05) is 6.54 Å². The van der Waals surface area contributed by atoms with Crippen molar-refractivity contribution in [2.45, 2.75) is 37.8 Å². The fraction of sp³-hybridized carbons (Fsp3) is 0.444. The highest BCUT2D eigenvalue weighted by atomic mass is 32.3. The van der Waals surface area contributed by atoms with Crippen LogP contribution in [0.1, 0.15) is 24.8 Å². The fourth-order valence-corrected chi connectivity index (χ4v) is 2.93. The maximum Gasteiger partial charge on any atom is 0.394 e. The third kappa shape index (κ3) is 8.88. The summed E-state index contributed by atoms with van der Waals surface area (Å²) in [6, 6.07) is 6.03. The number of unbranched alkanes of at least 4 members (excludes halogenated alkanes) is 1. The molecule has 2 aromatic rings. The first-order chi connectivity index (χ1) is 13.9. The van der Waals surface area contributed by atoms with Crippen LogP contribution in [0.4, 0.5) is 0 Å². The summed E-state index contributed by atoms with van der Waals surface area (Å²) in [5.41, 5.74) is 13.2. The van der Waals surface area contributed by atoms with Crippen LogP contribution in [0.2, 0.25) is 0 Å². The minimum absolute atomic E-state index is 0.206. The number of fused-ring (bicyclic) bond motifs is 1. The van der Waals surface area contributed by atoms with Gasteiger partial charge in [0.15, 0.2) is 0 Å². The fourth-order valence-electron chi connectivity index (χ4n) is 2.93. The monoisotopic (exact) mass is 444 g/mol. The van der Waals surface area contributed by atoms with E-state index < -0.39 is 34.4 Å². The summed E-state index contributed by atoms with van der Waals surface area (Å²) in [5, 5.41) is 13.0. The lowest BCUT2D eigenvalue weighted by molar-refractivity contribution is -0.142. The second kappa shape index (κ2) is 11.6. The first-order valence-electron chi connectivity index (χ1n) is 9.15. The van der Waals surface area contributed by atoms with Crippen molar-refractivity contribution < 1.29 is 32.2 Å². The van der Waals surface area contributed by atoms with Gasteiger partial charge in [0.25, 0.3) is 0 Å². The molecule has 0 aliphatic heterocycles. The number of benzene rings is 1. The number of nitrogens with one attached hydrogen (secondary N) is 1. The minimum atomic E-state index is -4.67. The summed E-state index contributed by atoms with van der Waals surface area (Å²) >= 11 is 0. The van der Waals surface area contributed by atoms with Crippen molar-refractivity contribution in [3.05, 3.63) is 36.0 Å². The Bertz CT molecular complexity index is 951. The van der Waals surface area contributed by atoms with E-state index >= 15 is 0 Å².